The van der Waals surface area contributed by atoms with E-state index in [-0.39, 0.29) is 16.2 Å². The third kappa shape index (κ3) is 6.64. The Bertz CT molecular complexity index is 1040. The number of benzene rings is 1. The molecular formula is C16H12F4N2O5S2. The summed E-state index contributed by atoms with van der Waals surface area (Å²) < 4.78 is 74.0. The molecule has 0 spiro atoms. The molecule has 0 saturated carbocycles. The molecule has 29 heavy (non-hydrogen) atoms. The van der Waals surface area contributed by atoms with E-state index in [1.807, 2.05) is 0 Å². The molecule has 0 aliphatic carbocycles. The molecule has 0 saturated heterocycles. The van der Waals surface area contributed by atoms with Crippen molar-refractivity contribution in [3.8, 4) is 0 Å². The Hall–Kier alpha value is -2.80. The molecule has 0 fully saturated rings. The van der Waals surface area contributed by atoms with Gasteiger partial charge in [0.25, 0.3) is 5.78 Å². The second kappa shape index (κ2) is 8.69. The van der Waals surface area contributed by atoms with Gasteiger partial charge in [-0.15, -0.1) is 11.3 Å². The number of ketones is 1. The van der Waals surface area contributed by atoms with Gasteiger partial charge in [0.1, 0.15) is 16.4 Å². The Morgan fingerprint density at radius 3 is 2.24 bits per heavy atom. The summed E-state index contributed by atoms with van der Waals surface area (Å²) in [4.78, 5) is 26.2. The normalized spacial score (nSPS) is 12.6. The summed E-state index contributed by atoms with van der Waals surface area (Å²) in [5.41, 5.74) is 5.71. The largest absolute Gasteiger partial charge is 0.455 e. The van der Waals surface area contributed by atoms with E-state index in [2.05, 4.69) is 9.99 Å². The van der Waals surface area contributed by atoms with E-state index in [0.29, 0.717) is 5.56 Å². The fourth-order valence-electron chi connectivity index (χ4n) is 1.99. The van der Waals surface area contributed by atoms with E-state index < -0.39 is 55.8 Å². The number of hydrogen-bond donors (Lipinski definition) is 1. The number of sulfone groups is 1. The van der Waals surface area contributed by atoms with Gasteiger partial charge in [-0.05, 0) is 29.8 Å². The van der Waals surface area contributed by atoms with Crippen LogP contribution in [0.4, 0.5) is 17.6 Å². The number of Topliss-reactive ketones (excluding diaryl/α,β-unsaturated/α-hetero) is 1. The second-order valence-corrected chi connectivity index (χ2v) is 8.76. The van der Waals surface area contributed by atoms with E-state index in [9.17, 15) is 35.6 Å². The minimum Gasteiger partial charge on any atom is -0.384 e. The van der Waals surface area contributed by atoms with Crippen molar-refractivity contribution in [3.63, 3.8) is 0 Å². The van der Waals surface area contributed by atoms with Crippen LogP contribution in [0.1, 0.15) is 24.9 Å². The van der Waals surface area contributed by atoms with Crippen LogP contribution in [0.2, 0.25) is 0 Å². The monoisotopic (exact) mass is 452 g/mol. The van der Waals surface area contributed by atoms with Gasteiger partial charge in [0.15, 0.2) is 15.7 Å². The summed E-state index contributed by atoms with van der Waals surface area (Å²) in [5.74, 6) is -5.69. The molecule has 0 bridgehead atoms. The van der Waals surface area contributed by atoms with Gasteiger partial charge in [-0.2, -0.15) is 13.2 Å². The van der Waals surface area contributed by atoms with Crippen LogP contribution < -0.4 is 5.73 Å². The van der Waals surface area contributed by atoms with E-state index in [4.69, 9.17) is 5.73 Å². The Morgan fingerprint density at radius 2 is 1.66 bits per heavy atom. The van der Waals surface area contributed by atoms with Crippen LogP contribution in [0.25, 0.3) is 0 Å². The van der Waals surface area contributed by atoms with Crippen LogP contribution in [-0.2, 0) is 20.4 Å². The van der Waals surface area contributed by atoms with Gasteiger partial charge < -0.3 is 10.6 Å². The summed E-state index contributed by atoms with van der Waals surface area (Å²) in [6, 6.07) is 6.46. The molecule has 156 valence electrons. The Labute approximate surface area is 165 Å². The molecule has 13 heteroatoms. The molecule has 2 aromatic rings. The number of nitrogens with zero attached hydrogens (tertiary/aromatic N) is 1. The lowest BCUT2D eigenvalue weighted by Gasteiger charge is -2.04. The maximum absolute atomic E-state index is 12.8. The average molecular weight is 452 g/mol. The van der Waals surface area contributed by atoms with Crippen LogP contribution >= 0.6 is 11.3 Å². The van der Waals surface area contributed by atoms with Crippen molar-refractivity contribution in [1.29, 1.82) is 0 Å². The van der Waals surface area contributed by atoms with Gasteiger partial charge in [-0.1, -0.05) is 17.3 Å². The minimum absolute atomic E-state index is 0.241. The van der Waals surface area contributed by atoms with Gasteiger partial charge in [0.2, 0.25) is 0 Å². The number of hydrogen-bond acceptors (Lipinski definition) is 7. The predicted octanol–water partition coefficient (Wildman–Crippen LogP) is 2.68. The molecule has 0 amide bonds. The third-order valence-electron chi connectivity index (χ3n) is 3.20. The van der Waals surface area contributed by atoms with Gasteiger partial charge in [-0.3, -0.25) is 4.79 Å². The molecule has 0 atom stereocenters. The summed E-state index contributed by atoms with van der Waals surface area (Å²) in [7, 11) is -3.82. The van der Waals surface area contributed by atoms with E-state index in [1.54, 1.807) is 0 Å². The fourth-order valence-corrected chi connectivity index (χ4v) is 4.14. The summed E-state index contributed by atoms with van der Waals surface area (Å²) in [6.45, 7) is 0. The highest BCUT2D eigenvalue weighted by molar-refractivity contribution is 7.91. The van der Waals surface area contributed by atoms with Crippen LogP contribution in [-0.4, -0.2) is 37.9 Å². The lowest BCUT2D eigenvalue weighted by atomic mass is 10.2. The molecule has 1 aromatic heterocycles. The maximum Gasteiger partial charge on any atom is 0.455 e. The molecule has 0 unspecified atom stereocenters. The van der Waals surface area contributed by atoms with E-state index in [1.165, 1.54) is 12.1 Å². The predicted molar refractivity (Wildman–Crippen MR) is 95.6 cm³/mol. The number of rotatable bonds is 7. The number of halogens is 4. The molecule has 2 N–H and O–H groups in total. The molecule has 0 aliphatic rings. The number of thiophene rings is 1. The maximum atomic E-state index is 12.8. The summed E-state index contributed by atoms with van der Waals surface area (Å²) in [5, 5.41) is 3.15. The van der Waals surface area contributed by atoms with Gasteiger partial charge in [0, 0.05) is 0 Å². The lowest BCUT2D eigenvalue weighted by molar-refractivity contribution is -0.0882. The van der Waals surface area contributed by atoms with Crippen molar-refractivity contribution in [2.45, 2.75) is 11.9 Å². The van der Waals surface area contributed by atoms with Crippen molar-refractivity contribution in [3.05, 3.63) is 57.5 Å². The van der Waals surface area contributed by atoms with Crippen LogP contribution in [0.15, 0.2) is 41.6 Å². The van der Waals surface area contributed by atoms with Crippen LogP contribution in [0.5, 0.6) is 0 Å². The van der Waals surface area contributed by atoms with E-state index >= 15 is 0 Å². The number of carbonyl (C=O) groups is 2. The van der Waals surface area contributed by atoms with Crippen molar-refractivity contribution < 1.29 is 40.4 Å². The quantitative estimate of drug-likeness (QED) is 0.172. The smallest absolute Gasteiger partial charge is 0.384 e. The van der Waals surface area contributed by atoms with Crippen LogP contribution in [0.3, 0.4) is 0 Å². The van der Waals surface area contributed by atoms with Gasteiger partial charge in [-0.25, -0.2) is 17.6 Å². The average Bonchev–Trinajstić information content (AvgIpc) is 3.09. The zero-order chi connectivity index (χ0) is 21.8. The Morgan fingerprint density at radius 1 is 1.07 bits per heavy atom. The SMILES string of the molecule is N/C(CS(=O)(=O)Cc1ccc(F)cc1)=N/OC(=O)c1ccc(C(=O)C(F)(F)F)s1. The molecule has 7 nitrogen and oxygen atoms in total. The highest BCUT2D eigenvalue weighted by atomic mass is 32.2. The van der Waals surface area contributed by atoms with Gasteiger partial charge in [0.05, 0.1) is 10.6 Å². The van der Waals surface area contributed by atoms with Crippen molar-refractivity contribution in [2.75, 3.05) is 5.75 Å². The first-order valence-electron chi connectivity index (χ1n) is 7.57. The van der Waals surface area contributed by atoms with Gasteiger partial charge >= 0.3 is 12.1 Å². The highest BCUT2D eigenvalue weighted by Crippen LogP contribution is 2.26. The van der Waals surface area contributed by atoms with Crippen molar-refractivity contribution >= 4 is 38.8 Å². The minimum atomic E-state index is -5.09. The zero-order valence-corrected chi connectivity index (χ0v) is 15.9. The second-order valence-electron chi connectivity index (χ2n) is 5.61. The van der Waals surface area contributed by atoms with Crippen LogP contribution in [0, 0.1) is 5.82 Å². The Kier molecular flexibility index (Phi) is 6.74. The fraction of sp³-hybridized carbons (Fsp3) is 0.188. The first kappa shape index (κ1) is 22.5. The number of oxime groups is 1. The topological polar surface area (TPSA) is 116 Å². The summed E-state index contributed by atoms with van der Waals surface area (Å²) in [6.07, 6.45) is -5.09. The summed E-state index contributed by atoms with van der Waals surface area (Å²) >= 11 is 0.241. The Balaban J connectivity index is 1.98. The standard InChI is InChI=1S/C16H12F4N2O5S2/c17-10-3-1-9(2-4-10)7-29(25,26)8-13(21)22-27-15(24)12-6-5-11(28-12)14(23)16(18,19)20/h1-6H,7-8H2,(H2,21,22). The molecule has 2 rings (SSSR count). The molecule has 0 radical (unpaired) electrons. The number of nitrogens with two attached hydrogens (primary N) is 1. The molecule has 1 aromatic carbocycles. The number of carbonyl (C=O) groups excluding carboxylic acids is 2. The number of alkyl halides is 3. The van der Waals surface area contributed by atoms with Crippen molar-refractivity contribution in [1.82, 2.24) is 0 Å². The number of amidine groups is 1. The first-order valence-corrected chi connectivity index (χ1v) is 10.2. The molecular weight excluding hydrogens is 440 g/mol. The van der Waals surface area contributed by atoms with E-state index in [0.717, 1.165) is 24.3 Å². The lowest BCUT2D eigenvalue weighted by Crippen LogP contribution is -2.25. The first-order chi connectivity index (χ1) is 13.4. The molecule has 1 heterocycles. The highest BCUT2D eigenvalue weighted by Gasteiger charge is 2.40. The zero-order valence-electron chi connectivity index (χ0n) is 14.3. The molecule has 0 aliphatic heterocycles. The van der Waals surface area contributed by atoms with Crippen molar-refractivity contribution in [2.24, 2.45) is 10.9 Å². The third-order valence-corrected chi connectivity index (χ3v) is 5.77.